The van der Waals surface area contributed by atoms with Crippen LogP contribution in [0.5, 0.6) is 0 Å². The van der Waals surface area contributed by atoms with Gasteiger partial charge in [-0.1, -0.05) is 135 Å². The fraction of sp³-hybridized carbons (Fsp3) is 0.450. The van der Waals surface area contributed by atoms with Crippen LogP contribution in [0.4, 0.5) is 0 Å². The lowest BCUT2D eigenvalue weighted by molar-refractivity contribution is 0.00686. The molecule has 0 saturated heterocycles. The Hall–Kier alpha value is -3.16. The molecule has 0 bridgehead atoms. The van der Waals surface area contributed by atoms with Crippen molar-refractivity contribution in [3.63, 3.8) is 0 Å². The number of hydrogen-bond acceptors (Lipinski definition) is 3. The van der Waals surface area contributed by atoms with Gasteiger partial charge in [0.15, 0.2) is 0 Å². The second-order valence-electron chi connectivity index (χ2n) is 13.6. The summed E-state index contributed by atoms with van der Waals surface area (Å²) in [5.74, 6) is 6.66. The van der Waals surface area contributed by atoms with Crippen LogP contribution in [0.2, 0.25) is 0 Å². The van der Waals surface area contributed by atoms with Gasteiger partial charge in [0, 0.05) is 11.0 Å². The van der Waals surface area contributed by atoms with E-state index >= 15 is 0 Å². The Bertz CT molecular complexity index is 1380. The van der Waals surface area contributed by atoms with Gasteiger partial charge in [-0.3, -0.25) is 0 Å². The second kappa shape index (κ2) is 16.1. The van der Waals surface area contributed by atoms with Crippen LogP contribution < -0.4 is 0 Å². The smallest absolute Gasteiger partial charge is 0.101 e. The first-order valence-corrected chi connectivity index (χ1v) is 15.4. The maximum atomic E-state index is 10.3. The van der Waals surface area contributed by atoms with Crippen LogP contribution in [0.3, 0.4) is 0 Å². The Kier molecular flexibility index (Phi) is 13.5. The molecule has 0 aliphatic heterocycles. The van der Waals surface area contributed by atoms with Gasteiger partial charge in [-0.25, -0.2) is 0 Å². The molecule has 3 unspecified atom stereocenters. The molecule has 0 amide bonds. The van der Waals surface area contributed by atoms with Crippen molar-refractivity contribution in [1.29, 1.82) is 0 Å². The first-order valence-electron chi connectivity index (χ1n) is 15.4. The normalized spacial score (nSPS) is 25.9. The molecule has 0 spiro atoms. The maximum absolute atomic E-state index is 10.3. The molecule has 232 valence electrons. The summed E-state index contributed by atoms with van der Waals surface area (Å²) in [6, 6.07) is 0. The zero-order valence-corrected chi connectivity index (χ0v) is 28.1. The molecule has 2 rings (SSSR count). The van der Waals surface area contributed by atoms with Gasteiger partial charge in [0.05, 0.1) is 12.2 Å². The van der Waals surface area contributed by atoms with Crippen molar-refractivity contribution in [3.8, 4) is 11.8 Å². The van der Waals surface area contributed by atoms with Crippen molar-refractivity contribution in [2.24, 2.45) is 10.8 Å². The Morgan fingerprint density at radius 3 is 1.84 bits per heavy atom. The van der Waals surface area contributed by atoms with E-state index in [2.05, 4.69) is 110 Å². The lowest BCUT2D eigenvalue weighted by Gasteiger charge is -2.38. The van der Waals surface area contributed by atoms with Gasteiger partial charge >= 0.3 is 0 Å². The fourth-order valence-corrected chi connectivity index (χ4v) is 5.85. The minimum atomic E-state index is -0.794. The zero-order valence-electron chi connectivity index (χ0n) is 28.1. The molecule has 0 saturated carbocycles. The Balaban J connectivity index is 1.94. The molecule has 3 nitrogen and oxygen atoms in total. The third-order valence-electron chi connectivity index (χ3n) is 8.22. The Morgan fingerprint density at radius 2 is 1.26 bits per heavy atom. The van der Waals surface area contributed by atoms with Crippen molar-refractivity contribution in [2.75, 3.05) is 0 Å². The molecule has 0 aromatic rings. The zero-order chi connectivity index (χ0) is 32.4. The second-order valence-corrected chi connectivity index (χ2v) is 13.6. The van der Waals surface area contributed by atoms with Gasteiger partial charge in [0.1, 0.15) is 6.10 Å². The molecular weight excluding hydrogens is 528 g/mol. The minimum absolute atomic E-state index is 0.0893. The molecule has 0 aromatic heterocycles. The van der Waals surface area contributed by atoms with Crippen molar-refractivity contribution >= 4 is 0 Å². The fourth-order valence-electron chi connectivity index (χ4n) is 5.85. The van der Waals surface area contributed by atoms with Crippen LogP contribution in [0.25, 0.3) is 0 Å². The summed E-state index contributed by atoms with van der Waals surface area (Å²) in [7, 11) is 0. The Labute approximate surface area is 261 Å². The summed E-state index contributed by atoms with van der Waals surface area (Å²) < 4.78 is 0. The largest absolute Gasteiger partial charge is 0.393 e. The molecule has 0 heterocycles. The van der Waals surface area contributed by atoms with Crippen LogP contribution >= 0.6 is 0 Å². The highest BCUT2D eigenvalue weighted by molar-refractivity contribution is 5.45. The van der Waals surface area contributed by atoms with E-state index in [1.54, 1.807) is 0 Å². The third-order valence-corrected chi connectivity index (χ3v) is 8.22. The van der Waals surface area contributed by atoms with Crippen LogP contribution in [0.1, 0.15) is 88.5 Å². The van der Waals surface area contributed by atoms with Crippen LogP contribution in [0.15, 0.2) is 117 Å². The third kappa shape index (κ3) is 11.5. The number of hydrogen-bond donors (Lipinski definition) is 3. The SMILES string of the molecule is CC(C=CC1=C(C)C(O)C(O)CC1(C)C)=CC=CC(C)=C/C=C/C=C(C)/C=C/C=C(\C)C#CC1=C(C)CC(O)CC1(C)C. The van der Waals surface area contributed by atoms with Crippen molar-refractivity contribution in [1.82, 2.24) is 0 Å². The van der Waals surface area contributed by atoms with Gasteiger partial charge in [0.25, 0.3) is 0 Å². The van der Waals surface area contributed by atoms with E-state index in [0.29, 0.717) is 12.8 Å². The molecule has 3 heteroatoms. The van der Waals surface area contributed by atoms with Gasteiger partial charge in [-0.2, -0.15) is 0 Å². The highest BCUT2D eigenvalue weighted by Crippen LogP contribution is 2.41. The molecule has 0 fully saturated rings. The van der Waals surface area contributed by atoms with E-state index in [9.17, 15) is 15.3 Å². The van der Waals surface area contributed by atoms with Gasteiger partial charge in [0.2, 0.25) is 0 Å². The Morgan fingerprint density at radius 1 is 0.721 bits per heavy atom. The predicted molar refractivity (Wildman–Crippen MR) is 184 cm³/mol. The van der Waals surface area contributed by atoms with E-state index in [4.69, 9.17) is 0 Å². The summed E-state index contributed by atoms with van der Waals surface area (Å²) in [5, 5.41) is 30.5. The number of allylic oxidation sites excluding steroid dienone is 18. The number of rotatable bonds is 8. The van der Waals surface area contributed by atoms with Crippen LogP contribution in [-0.2, 0) is 0 Å². The standard InChI is InChI=1S/C40H54O3/c1-28(17-13-19-30(3)21-23-35-32(5)25-34(41)26-39(35,7)8)15-11-12-16-29(2)18-14-20-31(4)22-24-36-33(6)38(43)37(42)27-40(36,9)10/h11-20,22,24,34,37-38,41-43H,25-27H2,1-10H3/b12-11+,17-13+,18-14?,24-22?,28-15+,29-16?,30-19+,31-20?. The molecule has 3 N–H and O–H groups in total. The number of aliphatic hydroxyl groups is 3. The van der Waals surface area contributed by atoms with Gasteiger partial charge < -0.3 is 15.3 Å². The molecule has 0 radical (unpaired) electrons. The van der Waals surface area contributed by atoms with Crippen molar-refractivity contribution in [2.45, 2.75) is 107 Å². The molecule has 0 aromatic carbocycles. The van der Waals surface area contributed by atoms with Crippen LogP contribution in [-0.4, -0.2) is 33.6 Å². The monoisotopic (exact) mass is 582 g/mol. The molecule has 2 aliphatic carbocycles. The van der Waals surface area contributed by atoms with Crippen molar-refractivity contribution in [3.05, 3.63) is 117 Å². The quantitative estimate of drug-likeness (QED) is 0.198. The minimum Gasteiger partial charge on any atom is -0.393 e. The lowest BCUT2D eigenvalue weighted by atomic mass is 9.70. The topological polar surface area (TPSA) is 60.7 Å². The molecule has 43 heavy (non-hydrogen) atoms. The lowest BCUT2D eigenvalue weighted by Crippen LogP contribution is -2.38. The van der Waals surface area contributed by atoms with Crippen molar-refractivity contribution < 1.29 is 15.3 Å². The molecular formula is C40H54O3. The molecule has 2 aliphatic rings. The highest BCUT2D eigenvalue weighted by atomic mass is 16.3. The van der Waals surface area contributed by atoms with E-state index in [1.165, 1.54) is 5.57 Å². The first kappa shape index (κ1) is 36.0. The molecule has 3 atom stereocenters. The van der Waals surface area contributed by atoms with E-state index < -0.39 is 12.2 Å². The highest BCUT2D eigenvalue weighted by Gasteiger charge is 2.36. The van der Waals surface area contributed by atoms with E-state index in [-0.39, 0.29) is 16.9 Å². The van der Waals surface area contributed by atoms with Gasteiger partial charge in [-0.05, 0) is 82.9 Å². The summed E-state index contributed by atoms with van der Waals surface area (Å²) in [5.41, 5.74) is 8.45. The van der Waals surface area contributed by atoms with E-state index in [1.807, 2.05) is 44.2 Å². The summed E-state index contributed by atoms with van der Waals surface area (Å²) in [4.78, 5) is 0. The average Bonchev–Trinajstić information content (AvgIpc) is 2.88. The predicted octanol–water partition coefficient (Wildman–Crippen LogP) is 8.97. The summed E-state index contributed by atoms with van der Waals surface area (Å²) in [6.45, 7) is 20.8. The average molecular weight is 583 g/mol. The summed E-state index contributed by atoms with van der Waals surface area (Å²) >= 11 is 0. The maximum Gasteiger partial charge on any atom is 0.101 e. The van der Waals surface area contributed by atoms with E-state index in [0.717, 1.165) is 45.4 Å². The summed E-state index contributed by atoms with van der Waals surface area (Å²) in [6.07, 6.45) is 25.0. The van der Waals surface area contributed by atoms with Gasteiger partial charge in [-0.15, -0.1) is 0 Å². The first-order chi connectivity index (χ1) is 20.0. The number of aliphatic hydroxyl groups excluding tert-OH is 3. The van der Waals surface area contributed by atoms with Crippen LogP contribution in [0, 0.1) is 22.7 Å².